The molecule has 6 nitrogen and oxygen atoms in total. The first-order chi connectivity index (χ1) is 10.7. The average Bonchev–Trinajstić information content (AvgIpc) is 2.97. The number of hydrogen-bond acceptors (Lipinski definition) is 3. The van der Waals surface area contributed by atoms with Gasteiger partial charge in [0.25, 0.3) is 0 Å². The summed E-state index contributed by atoms with van der Waals surface area (Å²) in [4.78, 5) is 13.3. The summed E-state index contributed by atoms with van der Waals surface area (Å²) in [7, 11) is 0. The maximum atomic E-state index is 4.57. The Morgan fingerprint density at radius 1 is 1.22 bits per heavy atom. The Morgan fingerprint density at radius 2 is 2.04 bits per heavy atom. The predicted molar refractivity (Wildman–Crippen MR) is 105 cm³/mol. The lowest BCUT2D eigenvalue weighted by Crippen LogP contribution is -2.37. The number of aliphatic imine (C=N–C) groups is 1. The molecule has 0 bridgehead atoms. The predicted octanol–water partition coefficient (Wildman–Crippen LogP) is 2.66. The Hall–Kier alpha value is -1.64. The van der Waals surface area contributed by atoms with E-state index < -0.39 is 0 Å². The van der Waals surface area contributed by atoms with Crippen LogP contribution in [0.3, 0.4) is 0 Å². The van der Waals surface area contributed by atoms with Crippen LogP contribution in [0.15, 0.2) is 35.7 Å². The van der Waals surface area contributed by atoms with Crippen LogP contribution in [0, 0.1) is 6.92 Å². The van der Waals surface area contributed by atoms with Gasteiger partial charge in [-0.25, -0.2) is 15.0 Å². The molecule has 0 fully saturated rings. The van der Waals surface area contributed by atoms with Crippen molar-refractivity contribution in [2.75, 3.05) is 13.1 Å². The molecule has 2 rings (SSSR count). The molecule has 0 amide bonds. The van der Waals surface area contributed by atoms with Crippen LogP contribution in [-0.2, 0) is 6.54 Å². The molecular weight excluding hydrogens is 403 g/mol. The summed E-state index contributed by atoms with van der Waals surface area (Å²) in [6.45, 7) is 8.54. The third-order valence-corrected chi connectivity index (χ3v) is 3.19. The molecule has 7 heteroatoms. The first-order valence-electron chi connectivity index (χ1n) is 7.72. The summed E-state index contributed by atoms with van der Waals surface area (Å²) < 4.78 is 1.96. The zero-order valence-corrected chi connectivity index (χ0v) is 16.2. The third-order valence-electron chi connectivity index (χ3n) is 3.19. The molecule has 2 aromatic heterocycles. The molecule has 0 unspecified atom stereocenters. The van der Waals surface area contributed by atoms with Gasteiger partial charge in [-0.15, -0.1) is 24.0 Å². The molecule has 0 aliphatic rings. The Kier molecular flexibility index (Phi) is 8.60. The van der Waals surface area contributed by atoms with Crippen molar-refractivity contribution in [1.82, 2.24) is 25.2 Å². The molecule has 0 radical (unpaired) electrons. The topological polar surface area (TPSA) is 67.1 Å². The average molecular weight is 428 g/mol. The van der Waals surface area contributed by atoms with E-state index in [-0.39, 0.29) is 24.0 Å². The Labute approximate surface area is 154 Å². The molecule has 0 spiro atoms. The van der Waals surface area contributed by atoms with Crippen LogP contribution < -0.4 is 10.6 Å². The molecule has 0 atom stereocenters. The molecule has 2 aromatic rings. The fourth-order valence-electron chi connectivity index (χ4n) is 2.03. The maximum Gasteiger partial charge on any atom is 0.191 e. The van der Waals surface area contributed by atoms with E-state index in [1.807, 2.05) is 30.0 Å². The number of aromatic nitrogens is 3. The summed E-state index contributed by atoms with van der Waals surface area (Å²) in [5.74, 6) is 2.65. The number of pyridine rings is 1. The van der Waals surface area contributed by atoms with Gasteiger partial charge in [0, 0.05) is 31.7 Å². The highest BCUT2D eigenvalue weighted by Crippen LogP contribution is 2.08. The molecule has 0 aliphatic heterocycles. The lowest BCUT2D eigenvalue weighted by atomic mass is 10.3. The van der Waals surface area contributed by atoms with Crippen LogP contribution in [0.25, 0.3) is 5.82 Å². The number of imidazole rings is 1. The van der Waals surface area contributed by atoms with Crippen molar-refractivity contribution >= 4 is 29.9 Å². The van der Waals surface area contributed by atoms with E-state index in [1.54, 1.807) is 6.20 Å². The van der Waals surface area contributed by atoms with Crippen molar-refractivity contribution in [3.05, 3.63) is 42.1 Å². The molecule has 2 N–H and O–H groups in total. The quantitative estimate of drug-likeness (QED) is 0.422. The SMILES string of the molecule is CCCNC(=NCc1ccc(-n2ccnc2C)nc1)NCC.I. The molecule has 0 aromatic carbocycles. The van der Waals surface area contributed by atoms with Crippen LogP contribution >= 0.6 is 24.0 Å². The maximum absolute atomic E-state index is 4.57. The fraction of sp³-hybridized carbons (Fsp3) is 0.438. The van der Waals surface area contributed by atoms with Gasteiger partial charge in [0.1, 0.15) is 11.6 Å². The molecule has 126 valence electrons. The zero-order chi connectivity index (χ0) is 15.8. The second-order valence-corrected chi connectivity index (χ2v) is 4.99. The Balaban J connectivity index is 0.00000264. The van der Waals surface area contributed by atoms with Crippen LogP contribution in [0.5, 0.6) is 0 Å². The van der Waals surface area contributed by atoms with Gasteiger partial charge in [0.15, 0.2) is 5.96 Å². The summed E-state index contributed by atoms with van der Waals surface area (Å²) in [5.41, 5.74) is 1.08. The highest BCUT2D eigenvalue weighted by Gasteiger charge is 2.02. The van der Waals surface area contributed by atoms with Crippen molar-refractivity contribution in [2.45, 2.75) is 33.7 Å². The van der Waals surface area contributed by atoms with E-state index in [0.717, 1.165) is 42.7 Å². The van der Waals surface area contributed by atoms with Gasteiger partial charge >= 0.3 is 0 Å². The van der Waals surface area contributed by atoms with Crippen molar-refractivity contribution in [1.29, 1.82) is 0 Å². The van der Waals surface area contributed by atoms with Crippen molar-refractivity contribution in [2.24, 2.45) is 4.99 Å². The molecule has 0 aliphatic carbocycles. The second-order valence-electron chi connectivity index (χ2n) is 4.99. The highest BCUT2D eigenvalue weighted by molar-refractivity contribution is 14.0. The summed E-state index contributed by atoms with van der Waals surface area (Å²) in [6, 6.07) is 4.04. The molecule has 2 heterocycles. The number of nitrogens with zero attached hydrogens (tertiary/aromatic N) is 4. The van der Waals surface area contributed by atoms with E-state index in [9.17, 15) is 0 Å². The lowest BCUT2D eigenvalue weighted by Gasteiger charge is -2.10. The van der Waals surface area contributed by atoms with Gasteiger partial charge < -0.3 is 10.6 Å². The summed E-state index contributed by atoms with van der Waals surface area (Å²) >= 11 is 0. The minimum atomic E-state index is 0. The minimum absolute atomic E-state index is 0. The van der Waals surface area contributed by atoms with Crippen molar-refractivity contribution < 1.29 is 0 Å². The van der Waals surface area contributed by atoms with Crippen molar-refractivity contribution in [3.8, 4) is 5.82 Å². The van der Waals surface area contributed by atoms with Gasteiger partial charge in [0.05, 0.1) is 6.54 Å². The van der Waals surface area contributed by atoms with Gasteiger partial charge in [-0.05, 0) is 31.9 Å². The molecule has 0 saturated heterocycles. The van der Waals surface area contributed by atoms with Crippen LogP contribution in [-0.4, -0.2) is 33.6 Å². The summed E-state index contributed by atoms with van der Waals surface area (Å²) in [6.07, 6.45) is 6.62. The van der Waals surface area contributed by atoms with Gasteiger partial charge in [-0.2, -0.15) is 0 Å². The Morgan fingerprint density at radius 3 is 2.61 bits per heavy atom. The summed E-state index contributed by atoms with van der Waals surface area (Å²) in [5, 5.41) is 6.52. The number of nitrogens with one attached hydrogen (secondary N) is 2. The molecular formula is C16H25IN6. The van der Waals surface area contributed by atoms with Gasteiger partial charge in [-0.1, -0.05) is 13.0 Å². The second kappa shape index (κ2) is 10.2. The van der Waals surface area contributed by atoms with E-state index in [1.165, 1.54) is 0 Å². The number of hydrogen-bond donors (Lipinski definition) is 2. The smallest absolute Gasteiger partial charge is 0.191 e. The minimum Gasteiger partial charge on any atom is -0.357 e. The zero-order valence-electron chi connectivity index (χ0n) is 13.9. The van der Waals surface area contributed by atoms with E-state index in [4.69, 9.17) is 0 Å². The standard InChI is InChI=1S/C16H24N6.HI/c1-4-8-19-16(17-5-2)21-12-14-6-7-15(20-11-14)22-10-9-18-13(22)3;/h6-7,9-11H,4-5,8,12H2,1-3H3,(H2,17,19,21);1H. The fourth-order valence-corrected chi connectivity index (χ4v) is 2.03. The van der Waals surface area contributed by atoms with Gasteiger partial charge in [0.2, 0.25) is 0 Å². The van der Waals surface area contributed by atoms with Gasteiger partial charge in [-0.3, -0.25) is 4.57 Å². The third kappa shape index (κ3) is 5.81. The molecule has 23 heavy (non-hydrogen) atoms. The van der Waals surface area contributed by atoms with Crippen molar-refractivity contribution in [3.63, 3.8) is 0 Å². The highest BCUT2D eigenvalue weighted by atomic mass is 127. The van der Waals surface area contributed by atoms with Crippen LogP contribution in [0.2, 0.25) is 0 Å². The monoisotopic (exact) mass is 428 g/mol. The normalized spacial score (nSPS) is 11.0. The molecule has 0 saturated carbocycles. The first-order valence-corrected chi connectivity index (χ1v) is 7.72. The first kappa shape index (κ1) is 19.4. The number of guanidine groups is 1. The van der Waals surface area contributed by atoms with Crippen LogP contribution in [0.4, 0.5) is 0 Å². The van der Waals surface area contributed by atoms with E-state index in [2.05, 4.69) is 45.5 Å². The number of aryl methyl sites for hydroxylation is 1. The number of rotatable bonds is 6. The van der Waals surface area contributed by atoms with Crippen LogP contribution in [0.1, 0.15) is 31.7 Å². The number of halogens is 1. The largest absolute Gasteiger partial charge is 0.357 e. The van der Waals surface area contributed by atoms with E-state index in [0.29, 0.717) is 6.54 Å². The lowest BCUT2D eigenvalue weighted by molar-refractivity contribution is 0.785. The van der Waals surface area contributed by atoms with E-state index >= 15 is 0 Å². The Bertz CT molecular complexity index is 605.